The van der Waals surface area contributed by atoms with E-state index in [1.54, 1.807) is 0 Å². The Morgan fingerprint density at radius 2 is 1.88 bits per heavy atom. The molecule has 0 radical (unpaired) electrons. The first-order chi connectivity index (χ1) is 7.74. The fourth-order valence-corrected chi connectivity index (χ4v) is 1.80. The normalized spacial score (nSPS) is 10.3. The minimum atomic E-state index is 0.0826. The van der Waals surface area contributed by atoms with Gasteiger partial charge < -0.3 is 10.5 Å². The Labute approximate surface area is 94.3 Å². The van der Waals surface area contributed by atoms with E-state index in [1.807, 2.05) is 43.3 Å². The number of hydrogen-bond acceptors (Lipinski definition) is 2. The molecule has 16 heavy (non-hydrogen) atoms. The van der Waals surface area contributed by atoms with Crippen LogP contribution in [0.2, 0.25) is 0 Å². The van der Waals surface area contributed by atoms with Crippen molar-refractivity contribution in [2.24, 2.45) is 5.73 Å². The van der Waals surface area contributed by atoms with Gasteiger partial charge in [0, 0.05) is 10.9 Å². The summed E-state index contributed by atoms with van der Waals surface area (Å²) < 4.78 is 5.54. The number of nitrogen functional groups attached to an aromatic ring is 1. The van der Waals surface area contributed by atoms with Gasteiger partial charge in [0.05, 0.1) is 6.61 Å². The quantitative estimate of drug-likeness (QED) is 0.609. The predicted octanol–water partition coefficient (Wildman–Crippen LogP) is 2.52. The van der Waals surface area contributed by atoms with Gasteiger partial charge in [0.2, 0.25) is 0 Å². The fraction of sp³-hybridized carbons (Fsp3) is 0.154. The molecule has 0 aliphatic rings. The monoisotopic (exact) mass is 214 g/mol. The minimum Gasteiger partial charge on any atom is -0.493 e. The van der Waals surface area contributed by atoms with E-state index in [0.717, 1.165) is 22.1 Å². The summed E-state index contributed by atoms with van der Waals surface area (Å²) in [5, 5.41) is 9.48. The fourth-order valence-electron chi connectivity index (χ4n) is 1.80. The van der Waals surface area contributed by atoms with Crippen LogP contribution in [0.25, 0.3) is 10.8 Å². The zero-order valence-corrected chi connectivity index (χ0v) is 9.16. The summed E-state index contributed by atoms with van der Waals surface area (Å²) in [6.45, 7) is 2.58. The van der Waals surface area contributed by atoms with E-state index >= 15 is 0 Å². The van der Waals surface area contributed by atoms with Crippen molar-refractivity contribution in [2.75, 3.05) is 6.61 Å². The second-order valence-corrected chi connectivity index (χ2v) is 3.50. The van der Waals surface area contributed by atoms with Gasteiger partial charge in [-0.1, -0.05) is 30.3 Å². The highest BCUT2D eigenvalue weighted by Gasteiger charge is 2.06. The van der Waals surface area contributed by atoms with Crippen molar-refractivity contribution in [3.05, 3.63) is 42.0 Å². The number of fused-ring (bicyclic) bond motifs is 1. The molecule has 2 rings (SSSR count). The topological polar surface area (TPSA) is 59.1 Å². The Morgan fingerprint density at radius 1 is 1.19 bits per heavy atom. The molecule has 0 saturated heterocycles. The van der Waals surface area contributed by atoms with Crippen LogP contribution in [0.4, 0.5) is 0 Å². The zero-order valence-electron chi connectivity index (χ0n) is 9.16. The second kappa shape index (κ2) is 4.23. The van der Waals surface area contributed by atoms with Crippen molar-refractivity contribution in [3.63, 3.8) is 0 Å². The van der Waals surface area contributed by atoms with Crippen LogP contribution >= 0.6 is 0 Å². The molecule has 2 aromatic rings. The molecule has 0 aromatic heterocycles. The van der Waals surface area contributed by atoms with Crippen LogP contribution in [0, 0.1) is 5.41 Å². The van der Waals surface area contributed by atoms with Crippen molar-refractivity contribution in [1.82, 2.24) is 0 Å². The smallest absolute Gasteiger partial charge is 0.127 e. The van der Waals surface area contributed by atoms with Crippen LogP contribution in [-0.2, 0) is 0 Å². The largest absolute Gasteiger partial charge is 0.493 e. The molecule has 3 nitrogen and oxygen atoms in total. The third-order valence-electron chi connectivity index (χ3n) is 2.47. The van der Waals surface area contributed by atoms with Crippen molar-refractivity contribution in [1.29, 1.82) is 5.41 Å². The maximum Gasteiger partial charge on any atom is 0.127 e. The summed E-state index contributed by atoms with van der Waals surface area (Å²) in [5.41, 5.74) is 6.30. The van der Waals surface area contributed by atoms with E-state index in [4.69, 9.17) is 15.9 Å². The molecule has 0 spiro atoms. The van der Waals surface area contributed by atoms with Gasteiger partial charge in [-0.25, -0.2) is 0 Å². The maximum absolute atomic E-state index is 7.53. The maximum atomic E-state index is 7.53. The van der Waals surface area contributed by atoms with E-state index in [2.05, 4.69) is 0 Å². The van der Waals surface area contributed by atoms with Crippen molar-refractivity contribution in [3.8, 4) is 5.75 Å². The Bertz CT molecular complexity index is 534. The summed E-state index contributed by atoms with van der Waals surface area (Å²) >= 11 is 0. The van der Waals surface area contributed by atoms with Crippen molar-refractivity contribution >= 4 is 16.6 Å². The van der Waals surface area contributed by atoms with Gasteiger partial charge in [-0.05, 0) is 18.4 Å². The Balaban J connectivity index is 2.71. The minimum absolute atomic E-state index is 0.0826. The number of benzene rings is 2. The molecule has 3 N–H and O–H groups in total. The second-order valence-electron chi connectivity index (χ2n) is 3.50. The van der Waals surface area contributed by atoms with E-state index in [0.29, 0.717) is 6.61 Å². The van der Waals surface area contributed by atoms with E-state index < -0.39 is 0 Å². The summed E-state index contributed by atoms with van der Waals surface area (Å²) in [7, 11) is 0. The number of nitrogens with one attached hydrogen (secondary N) is 1. The lowest BCUT2D eigenvalue weighted by atomic mass is 10.0. The zero-order chi connectivity index (χ0) is 11.5. The summed E-state index contributed by atoms with van der Waals surface area (Å²) in [4.78, 5) is 0. The van der Waals surface area contributed by atoms with E-state index in [1.165, 1.54) is 0 Å². The van der Waals surface area contributed by atoms with Gasteiger partial charge >= 0.3 is 0 Å². The number of hydrogen-bond donors (Lipinski definition) is 2. The molecular weight excluding hydrogens is 200 g/mol. The average molecular weight is 214 g/mol. The molecule has 0 bridgehead atoms. The van der Waals surface area contributed by atoms with E-state index in [9.17, 15) is 0 Å². The molecule has 82 valence electrons. The van der Waals surface area contributed by atoms with Gasteiger partial charge in [-0.3, -0.25) is 5.41 Å². The molecule has 3 heteroatoms. The Morgan fingerprint density at radius 3 is 2.56 bits per heavy atom. The Hall–Kier alpha value is -2.03. The van der Waals surface area contributed by atoms with Crippen LogP contribution < -0.4 is 10.5 Å². The number of ether oxygens (including phenoxy) is 1. The number of rotatable bonds is 3. The number of amidine groups is 1. The van der Waals surface area contributed by atoms with Gasteiger partial charge in [-0.2, -0.15) is 0 Å². The molecule has 2 aromatic carbocycles. The van der Waals surface area contributed by atoms with Crippen LogP contribution in [0.5, 0.6) is 5.75 Å². The van der Waals surface area contributed by atoms with Crippen LogP contribution in [0.1, 0.15) is 12.5 Å². The summed E-state index contributed by atoms with van der Waals surface area (Å²) in [5.74, 6) is 0.919. The SMILES string of the molecule is CCOc1cccc2c(C(=N)N)cccc12. The lowest BCUT2D eigenvalue weighted by molar-refractivity contribution is 0.344. The Kier molecular flexibility index (Phi) is 2.77. The first-order valence-electron chi connectivity index (χ1n) is 5.23. The molecule has 0 aliphatic carbocycles. The summed E-state index contributed by atoms with van der Waals surface area (Å²) in [6.07, 6.45) is 0. The molecule has 0 fully saturated rings. The van der Waals surface area contributed by atoms with Gasteiger partial charge in [-0.15, -0.1) is 0 Å². The van der Waals surface area contributed by atoms with Gasteiger partial charge in [0.25, 0.3) is 0 Å². The highest BCUT2D eigenvalue weighted by Crippen LogP contribution is 2.27. The average Bonchev–Trinajstić information content (AvgIpc) is 2.29. The number of nitrogens with two attached hydrogens (primary N) is 1. The molecule has 0 heterocycles. The molecule has 0 atom stereocenters. The van der Waals surface area contributed by atoms with Crippen LogP contribution in [-0.4, -0.2) is 12.4 Å². The standard InChI is InChI=1S/C13H14N2O/c1-2-16-12-8-4-5-9-10(12)6-3-7-11(9)13(14)15/h3-8H,2H2,1H3,(H3,14,15). The first-order valence-corrected chi connectivity index (χ1v) is 5.23. The predicted molar refractivity (Wildman–Crippen MR) is 66.1 cm³/mol. The lowest BCUT2D eigenvalue weighted by Crippen LogP contribution is -2.11. The van der Waals surface area contributed by atoms with Gasteiger partial charge in [0.1, 0.15) is 11.6 Å². The van der Waals surface area contributed by atoms with Crippen molar-refractivity contribution in [2.45, 2.75) is 6.92 Å². The first kappa shape index (κ1) is 10.5. The molecule has 0 saturated carbocycles. The lowest BCUT2D eigenvalue weighted by Gasteiger charge is -2.09. The highest BCUT2D eigenvalue weighted by atomic mass is 16.5. The van der Waals surface area contributed by atoms with Crippen molar-refractivity contribution < 1.29 is 4.74 Å². The van der Waals surface area contributed by atoms with E-state index in [-0.39, 0.29) is 5.84 Å². The molecule has 0 unspecified atom stereocenters. The van der Waals surface area contributed by atoms with Gasteiger partial charge in [0.15, 0.2) is 0 Å². The third-order valence-corrected chi connectivity index (χ3v) is 2.47. The molecule has 0 amide bonds. The molecule has 0 aliphatic heterocycles. The van der Waals surface area contributed by atoms with Crippen LogP contribution in [0.15, 0.2) is 36.4 Å². The molecular formula is C13H14N2O. The summed E-state index contributed by atoms with van der Waals surface area (Å²) in [6, 6.07) is 11.5. The van der Waals surface area contributed by atoms with Crippen LogP contribution in [0.3, 0.4) is 0 Å². The highest BCUT2D eigenvalue weighted by molar-refractivity contribution is 6.08. The third kappa shape index (κ3) is 1.72.